The fourth-order valence-electron chi connectivity index (χ4n) is 4.24. The summed E-state index contributed by atoms with van der Waals surface area (Å²) in [6.07, 6.45) is 4.30. The quantitative estimate of drug-likeness (QED) is 0.302. The highest BCUT2D eigenvalue weighted by Crippen LogP contribution is 2.28. The molecule has 2 aromatic carbocycles. The Kier molecular flexibility index (Phi) is 7.28. The van der Waals surface area contributed by atoms with E-state index in [2.05, 4.69) is 34.3 Å². The van der Waals surface area contributed by atoms with Gasteiger partial charge in [-0.15, -0.1) is 0 Å². The van der Waals surface area contributed by atoms with Crippen LogP contribution >= 0.6 is 23.2 Å². The number of amides is 1. The molecule has 4 aromatic rings. The molecule has 3 heterocycles. The van der Waals surface area contributed by atoms with Gasteiger partial charge in [0.25, 0.3) is 5.91 Å². The van der Waals surface area contributed by atoms with Crippen molar-refractivity contribution in [2.45, 2.75) is 6.92 Å². The second-order valence-electron chi connectivity index (χ2n) is 8.74. The lowest BCUT2D eigenvalue weighted by atomic mass is 10.2. The zero-order valence-corrected chi connectivity index (χ0v) is 21.4. The first-order valence-electron chi connectivity index (χ1n) is 11.8. The molecule has 1 amide bonds. The summed E-state index contributed by atoms with van der Waals surface area (Å²) in [5.41, 5.74) is 2.88. The molecule has 0 saturated carbocycles. The van der Waals surface area contributed by atoms with E-state index in [-0.39, 0.29) is 5.91 Å². The van der Waals surface area contributed by atoms with Gasteiger partial charge in [-0.2, -0.15) is 5.10 Å². The Morgan fingerprint density at radius 2 is 1.75 bits per heavy atom. The van der Waals surface area contributed by atoms with Crippen molar-refractivity contribution in [2.75, 3.05) is 32.7 Å². The Labute approximate surface area is 220 Å². The Hall–Kier alpha value is -3.32. The third-order valence-electron chi connectivity index (χ3n) is 6.20. The first-order valence-corrected chi connectivity index (χ1v) is 12.6. The third kappa shape index (κ3) is 5.41. The van der Waals surface area contributed by atoms with Crippen LogP contribution in [0.25, 0.3) is 23.2 Å². The van der Waals surface area contributed by atoms with Crippen LogP contribution in [0.3, 0.4) is 0 Å². The summed E-state index contributed by atoms with van der Waals surface area (Å²) in [5.74, 6) is 1.30. The largest absolute Gasteiger partial charge is 0.460 e. The van der Waals surface area contributed by atoms with Gasteiger partial charge in [-0.25, -0.2) is 4.68 Å². The van der Waals surface area contributed by atoms with Crippen LogP contribution in [0.2, 0.25) is 10.0 Å². The van der Waals surface area contributed by atoms with Gasteiger partial charge >= 0.3 is 0 Å². The highest BCUT2D eigenvalue weighted by molar-refractivity contribution is 6.42. The minimum atomic E-state index is -0.0809. The average Bonchev–Trinajstić information content (AvgIpc) is 3.53. The molecular weight excluding hydrogens is 495 g/mol. The maximum absolute atomic E-state index is 13.6. The van der Waals surface area contributed by atoms with Crippen molar-refractivity contribution in [1.82, 2.24) is 19.6 Å². The van der Waals surface area contributed by atoms with Gasteiger partial charge in [0.05, 0.1) is 15.7 Å². The number of nitrogens with zero attached hydrogens (tertiary/aromatic N) is 4. The Morgan fingerprint density at radius 1 is 0.972 bits per heavy atom. The summed E-state index contributed by atoms with van der Waals surface area (Å²) in [7, 11) is 0. The zero-order chi connectivity index (χ0) is 25.1. The van der Waals surface area contributed by atoms with E-state index in [1.165, 1.54) is 5.56 Å². The number of hydrogen-bond donors (Lipinski definition) is 0. The number of aromatic nitrogens is 2. The average molecular weight is 521 g/mol. The number of hydrogen-bond acceptors (Lipinski definition) is 4. The summed E-state index contributed by atoms with van der Waals surface area (Å²) >= 11 is 12.4. The van der Waals surface area contributed by atoms with Crippen LogP contribution in [0.1, 0.15) is 21.8 Å². The van der Waals surface area contributed by atoms with Gasteiger partial charge in [0.15, 0.2) is 5.76 Å². The predicted octanol–water partition coefficient (Wildman–Crippen LogP) is 6.22. The van der Waals surface area contributed by atoms with E-state index in [0.29, 0.717) is 46.0 Å². The maximum atomic E-state index is 13.6. The fourth-order valence-corrected chi connectivity index (χ4v) is 4.53. The molecule has 0 radical (unpaired) electrons. The number of halogens is 2. The van der Waals surface area contributed by atoms with Gasteiger partial charge in [0.1, 0.15) is 17.1 Å². The van der Waals surface area contributed by atoms with Gasteiger partial charge in [0.2, 0.25) is 0 Å². The number of furan rings is 1. The molecule has 1 aliphatic rings. The molecule has 5 rings (SSSR count). The number of carbonyl (C=O) groups is 1. The summed E-state index contributed by atoms with van der Waals surface area (Å²) in [4.78, 5) is 17.9. The molecule has 8 heteroatoms. The third-order valence-corrected chi connectivity index (χ3v) is 6.94. The normalized spacial score (nSPS) is 14.6. The highest BCUT2D eigenvalue weighted by atomic mass is 35.5. The Balaban J connectivity index is 1.33. The van der Waals surface area contributed by atoms with Gasteiger partial charge in [0, 0.05) is 38.8 Å². The SMILES string of the molecule is Cc1ccc(-c2cc(C(=O)N3CCN(CC=Cc4ccccc4)CC3)n(-c3ccc(Cl)c(Cl)c3)n2)o1. The van der Waals surface area contributed by atoms with Crippen LogP contribution in [-0.4, -0.2) is 58.2 Å². The van der Waals surface area contributed by atoms with E-state index in [0.717, 1.165) is 25.4 Å². The van der Waals surface area contributed by atoms with Gasteiger partial charge in [-0.3, -0.25) is 9.69 Å². The lowest BCUT2D eigenvalue weighted by molar-refractivity contribution is 0.0641. The predicted molar refractivity (Wildman–Crippen MR) is 144 cm³/mol. The topological polar surface area (TPSA) is 54.5 Å². The molecule has 0 bridgehead atoms. The molecule has 36 heavy (non-hydrogen) atoms. The van der Waals surface area contributed by atoms with Crippen molar-refractivity contribution < 1.29 is 9.21 Å². The van der Waals surface area contributed by atoms with Crippen LogP contribution in [0.5, 0.6) is 0 Å². The first kappa shape index (κ1) is 24.4. The van der Waals surface area contributed by atoms with Crippen LogP contribution in [0.4, 0.5) is 0 Å². The molecule has 6 nitrogen and oxygen atoms in total. The van der Waals surface area contributed by atoms with E-state index in [1.807, 2.05) is 42.2 Å². The Bertz CT molecular complexity index is 1390. The molecule has 0 N–H and O–H groups in total. The lowest BCUT2D eigenvalue weighted by Crippen LogP contribution is -2.49. The van der Waals surface area contributed by atoms with E-state index >= 15 is 0 Å². The molecule has 0 aliphatic carbocycles. The van der Waals surface area contributed by atoms with E-state index in [4.69, 9.17) is 27.6 Å². The van der Waals surface area contributed by atoms with Crippen LogP contribution < -0.4 is 0 Å². The van der Waals surface area contributed by atoms with Crippen LogP contribution in [-0.2, 0) is 0 Å². The van der Waals surface area contributed by atoms with Gasteiger partial charge in [-0.1, -0.05) is 65.7 Å². The second kappa shape index (κ2) is 10.7. The van der Waals surface area contributed by atoms with Crippen molar-refractivity contribution in [3.63, 3.8) is 0 Å². The zero-order valence-electron chi connectivity index (χ0n) is 19.9. The lowest BCUT2D eigenvalue weighted by Gasteiger charge is -2.34. The second-order valence-corrected chi connectivity index (χ2v) is 9.56. The number of benzene rings is 2. The van der Waals surface area contributed by atoms with Crippen molar-refractivity contribution in [1.29, 1.82) is 0 Å². The van der Waals surface area contributed by atoms with E-state index < -0.39 is 0 Å². The molecule has 0 atom stereocenters. The van der Waals surface area contributed by atoms with Crippen LogP contribution in [0.15, 0.2) is 77.2 Å². The van der Waals surface area contributed by atoms with E-state index in [9.17, 15) is 4.79 Å². The summed E-state index contributed by atoms with van der Waals surface area (Å²) in [6, 6.07) is 21.0. The molecule has 0 unspecified atom stereocenters. The minimum Gasteiger partial charge on any atom is -0.460 e. The van der Waals surface area contributed by atoms with Gasteiger partial charge in [-0.05, 0) is 42.8 Å². The highest BCUT2D eigenvalue weighted by Gasteiger charge is 2.26. The summed E-state index contributed by atoms with van der Waals surface area (Å²) < 4.78 is 7.38. The monoisotopic (exact) mass is 520 g/mol. The molecule has 0 spiro atoms. The van der Waals surface area contributed by atoms with Crippen molar-refractivity contribution in [3.05, 3.63) is 99.9 Å². The van der Waals surface area contributed by atoms with Crippen LogP contribution in [0, 0.1) is 6.92 Å². The first-order chi connectivity index (χ1) is 17.5. The summed E-state index contributed by atoms with van der Waals surface area (Å²) in [6.45, 7) is 5.60. The van der Waals surface area contributed by atoms with Gasteiger partial charge < -0.3 is 9.32 Å². The smallest absolute Gasteiger partial charge is 0.272 e. The number of rotatable bonds is 6. The minimum absolute atomic E-state index is 0.0809. The van der Waals surface area contributed by atoms with Crippen molar-refractivity contribution >= 4 is 35.2 Å². The number of carbonyl (C=O) groups excluding carboxylic acids is 1. The van der Waals surface area contributed by atoms with E-state index in [1.54, 1.807) is 28.9 Å². The van der Waals surface area contributed by atoms with Crippen molar-refractivity contribution in [3.8, 4) is 17.1 Å². The Morgan fingerprint density at radius 3 is 2.44 bits per heavy atom. The molecule has 1 fully saturated rings. The molecule has 2 aromatic heterocycles. The summed E-state index contributed by atoms with van der Waals surface area (Å²) in [5, 5.41) is 5.53. The standard InChI is InChI=1S/C28H26Cl2N4O2/c1-20-9-12-27(36-20)25-19-26(34(31-25)22-10-11-23(29)24(30)18-22)28(35)33-16-14-32(15-17-33)13-5-8-21-6-3-2-4-7-21/h2-12,18-19H,13-17H2,1H3. The molecule has 1 aliphatic heterocycles. The fraction of sp³-hybridized carbons (Fsp3) is 0.214. The number of aryl methyl sites for hydroxylation is 1. The molecular formula is C28H26Cl2N4O2. The molecule has 1 saturated heterocycles. The molecule has 184 valence electrons. The number of piperazine rings is 1. The maximum Gasteiger partial charge on any atom is 0.272 e. The van der Waals surface area contributed by atoms with Crippen molar-refractivity contribution in [2.24, 2.45) is 0 Å².